The number of carbonyl (C=O) groups is 3. The third-order valence-corrected chi connectivity index (χ3v) is 5.03. The van der Waals surface area contributed by atoms with Gasteiger partial charge in [-0.2, -0.15) is 0 Å². The van der Waals surface area contributed by atoms with E-state index in [9.17, 15) is 18.8 Å². The van der Waals surface area contributed by atoms with Gasteiger partial charge in [0.1, 0.15) is 19.0 Å². The monoisotopic (exact) mass is 434 g/mol. The van der Waals surface area contributed by atoms with Crippen LogP contribution in [-0.2, 0) is 25.7 Å². The Hall–Kier alpha value is -2.97. The van der Waals surface area contributed by atoms with E-state index in [1.165, 1.54) is 30.1 Å². The number of ether oxygens (including phenoxy) is 1. The predicted octanol–water partition coefficient (Wildman–Crippen LogP) is 2.49. The molecule has 0 radical (unpaired) electrons. The SMILES string of the molecule is CN(CC(=O)O)C(=O)[C@H]1OCC(=O)N(Cc2cccc(F)c2)[C@@H]1c1ccc(Cl)cc1. The lowest BCUT2D eigenvalue weighted by Gasteiger charge is -2.41. The van der Waals surface area contributed by atoms with Crippen molar-refractivity contribution in [1.82, 2.24) is 9.80 Å². The van der Waals surface area contributed by atoms with Crippen LogP contribution in [0, 0.1) is 5.82 Å². The summed E-state index contributed by atoms with van der Waals surface area (Å²) < 4.78 is 19.2. The molecule has 1 saturated heterocycles. The summed E-state index contributed by atoms with van der Waals surface area (Å²) in [6.07, 6.45) is -1.12. The molecule has 7 nitrogen and oxygen atoms in total. The third kappa shape index (κ3) is 4.95. The van der Waals surface area contributed by atoms with E-state index >= 15 is 0 Å². The summed E-state index contributed by atoms with van der Waals surface area (Å²) in [4.78, 5) is 39.2. The number of morpholine rings is 1. The van der Waals surface area contributed by atoms with Gasteiger partial charge >= 0.3 is 5.97 Å². The van der Waals surface area contributed by atoms with Crippen molar-refractivity contribution < 1.29 is 28.6 Å². The van der Waals surface area contributed by atoms with Crippen molar-refractivity contribution in [2.75, 3.05) is 20.2 Å². The molecule has 0 saturated carbocycles. The Kier molecular flexibility index (Phi) is 6.69. The summed E-state index contributed by atoms with van der Waals surface area (Å²) >= 11 is 5.98. The van der Waals surface area contributed by atoms with Gasteiger partial charge in [-0.15, -0.1) is 0 Å². The molecule has 1 aliphatic rings. The number of carbonyl (C=O) groups excluding carboxylic acids is 2. The molecule has 1 N–H and O–H groups in total. The van der Waals surface area contributed by atoms with Gasteiger partial charge in [-0.3, -0.25) is 14.4 Å². The topological polar surface area (TPSA) is 87.1 Å². The number of rotatable bonds is 6. The van der Waals surface area contributed by atoms with Crippen LogP contribution in [0.2, 0.25) is 5.02 Å². The Bertz CT molecular complexity index is 953. The average Bonchev–Trinajstić information content (AvgIpc) is 2.69. The third-order valence-electron chi connectivity index (χ3n) is 4.77. The molecular weight excluding hydrogens is 415 g/mol. The number of carboxylic acid groups (broad SMARTS) is 1. The fraction of sp³-hybridized carbons (Fsp3) is 0.286. The number of aliphatic carboxylic acids is 1. The van der Waals surface area contributed by atoms with Crippen molar-refractivity contribution in [3.63, 3.8) is 0 Å². The Balaban J connectivity index is 1.99. The highest BCUT2D eigenvalue weighted by Gasteiger charge is 2.43. The molecule has 1 fully saturated rings. The fourth-order valence-electron chi connectivity index (χ4n) is 3.39. The Morgan fingerprint density at radius 2 is 1.97 bits per heavy atom. The van der Waals surface area contributed by atoms with Gasteiger partial charge in [0.15, 0.2) is 6.10 Å². The van der Waals surface area contributed by atoms with Crippen LogP contribution in [0.5, 0.6) is 0 Å². The molecule has 2 aromatic carbocycles. The molecule has 0 aromatic heterocycles. The highest BCUT2D eigenvalue weighted by molar-refractivity contribution is 6.30. The van der Waals surface area contributed by atoms with Crippen molar-refractivity contribution in [2.45, 2.75) is 18.7 Å². The Labute approximate surface area is 177 Å². The van der Waals surface area contributed by atoms with E-state index in [-0.39, 0.29) is 19.1 Å². The summed E-state index contributed by atoms with van der Waals surface area (Å²) in [5.41, 5.74) is 1.14. The summed E-state index contributed by atoms with van der Waals surface area (Å²) in [6.45, 7) is -0.805. The van der Waals surface area contributed by atoms with Gasteiger partial charge in [-0.05, 0) is 35.4 Å². The molecular formula is C21H20ClFN2O5. The smallest absolute Gasteiger partial charge is 0.323 e. The first-order chi connectivity index (χ1) is 14.3. The highest BCUT2D eigenvalue weighted by Crippen LogP contribution is 2.33. The minimum absolute atomic E-state index is 0.0552. The van der Waals surface area contributed by atoms with Crippen LogP contribution >= 0.6 is 11.6 Å². The lowest BCUT2D eigenvalue weighted by molar-refractivity contribution is -0.171. The first kappa shape index (κ1) is 21.7. The van der Waals surface area contributed by atoms with Gasteiger partial charge < -0.3 is 19.6 Å². The summed E-state index contributed by atoms with van der Waals surface area (Å²) in [7, 11) is 1.35. The summed E-state index contributed by atoms with van der Waals surface area (Å²) in [5, 5.41) is 9.49. The number of hydrogen-bond donors (Lipinski definition) is 1. The number of likely N-dealkylation sites (N-methyl/N-ethyl adjacent to an activating group) is 1. The van der Waals surface area contributed by atoms with Gasteiger partial charge in [-0.1, -0.05) is 35.9 Å². The second kappa shape index (κ2) is 9.23. The molecule has 0 unspecified atom stereocenters. The van der Waals surface area contributed by atoms with Crippen molar-refractivity contribution in [2.24, 2.45) is 0 Å². The first-order valence-corrected chi connectivity index (χ1v) is 9.52. The molecule has 9 heteroatoms. The maximum Gasteiger partial charge on any atom is 0.323 e. The Morgan fingerprint density at radius 3 is 2.60 bits per heavy atom. The maximum atomic E-state index is 13.7. The van der Waals surface area contributed by atoms with Gasteiger partial charge in [0.05, 0.1) is 6.04 Å². The molecule has 2 aromatic rings. The zero-order chi connectivity index (χ0) is 21.8. The van der Waals surface area contributed by atoms with Crippen molar-refractivity contribution in [1.29, 1.82) is 0 Å². The minimum Gasteiger partial charge on any atom is -0.480 e. The van der Waals surface area contributed by atoms with Crippen LogP contribution in [0.25, 0.3) is 0 Å². The van der Waals surface area contributed by atoms with Crippen LogP contribution in [0.1, 0.15) is 17.2 Å². The van der Waals surface area contributed by atoms with E-state index < -0.39 is 36.4 Å². The zero-order valence-electron chi connectivity index (χ0n) is 16.1. The molecule has 2 amide bonds. The minimum atomic E-state index is -1.17. The quantitative estimate of drug-likeness (QED) is 0.754. The molecule has 0 aliphatic carbocycles. The van der Waals surface area contributed by atoms with E-state index in [0.29, 0.717) is 16.1 Å². The van der Waals surface area contributed by atoms with Crippen LogP contribution in [-0.4, -0.2) is 59.0 Å². The molecule has 0 bridgehead atoms. The molecule has 1 heterocycles. The van der Waals surface area contributed by atoms with E-state index in [2.05, 4.69) is 0 Å². The normalized spacial score (nSPS) is 18.9. The van der Waals surface area contributed by atoms with E-state index in [4.69, 9.17) is 21.4 Å². The predicted molar refractivity (Wildman–Crippen MR) is 106 cm³/mol. The number of halogens is 2. The van der Waals surface area contributed by atoms with Gasteiger partial charge in [0.25, 0.3) is 5.91 Å². The first-order valence-electron chi connectivity index (χ1n) is 9.14. The number of amides is 2. The lowest BCUT2D eigenvalue weighted by atomic mass is 9.96. The van der Waals surface area contributed by atoms with E-state index in [0.717, 1.165) is 4.90 Å². The Morgan fingerprint density at radius 1 is 1.27 bits per heavy atom. The molecule has 30 heavy (non-hydrogen) atoms. The number of hydrogen-bond acceptors (Lipinski definition) is 4. The number of benzene rings is 2. The highest BCUT2D eigenvalue weighted by atomic mass is 35.5. The zero-order valence-corrected chi connectivity index (χ0v) is 16.9. The van der Waals surface area contributed by atoms with E-state index in [1.807, 2.05) is 0 Å². The molecule has 158 valence electrons. The van der Waals surface area contributed by atoms with Crippen molar-refractivity contribution >= 4 is 29.4 Å². The number of carboxylic acids is 1. The van der Waals surface area contributed by atoms with Crippen LogP contribution in [0.3, 0.4) is 0 Å². The molecule has 0 spiro atoms. The largest absolute Gasteiger partial charge is 0.480 e. The second-order valence-electron chi connectivity index (χ2n) is 6.97. The summed E-state index contributed by atoms with van der Waals surface area (Å²) in [6, 6.07) is 11.6. The second-order valence-corrected chi connectivity index (χ2v) is 7.40. The van der Waals surface area contributed by atoms with E-state index in [1.54, 1.807) is 30.3 Å². The van der Waals surface area contributed by atoms with Crippen LogP contribution < -0.4 is 0 Å². The number of nitrogens with zero attached hydrogens (tertiary/aromatic N) is 2. The average molecular weight is 435 g/mol. The van der Waals surface area contributed by atoms with Crippen molar-refractivity contribution in [3.8, 4) is 0 Å². The standard InChI is InChI=1S/C21H20ClFN2O5/c1-24(11-18(27)28)21(29)20-19(14-5-7-15(22)8-6-14)25(17(26)12-30-20)10-13-3-2-4-16(23)9-13/h2-9,19-20H,10-12H2,1H3,(H,27,28)/t19-,20+/m1/s1. The summed E-state index contributed by atoms with van der Waals surface area (Å²) in [5.74, 6) is -2.55. The molecule has 1 aliphatic heterocycles. The molecule has 2 atom stereocenters. The fourth-order valence-corrected chi connectivity index (χ4v) is 3.52. The van der Waals surface area contributed by atoms with Gasteiger partial charge in [-0.25, -0.2) is 4.39 Å². The van der Waals surface area contributed by atoms with Crippen LogP contribution in [0.4, 0.5) is 4.39 Å². The van der Waals surface area contributed by atoms with Gasteiger partial charge in [0, 0.05) is 18.6 Å². The van der Waals surface area contributed by atoms with Gasteiger partial charge in [0.2, 0.25) is 5.91 Å². The maximum absolute atomic E-state index is 13.7. The van der Waals surface area contributed by atoms with Crippen molar-refractivity contribution in [3.05, 3.63) is 70.5 Å². The van der Waals surface area contributed by atoms with Crippen LogP contribution in [0.15, 0.2) is 48.5 Å². The lowest BCUT2D eigenvalue weighted by Crippen LogP contribution is -2.54. The molecule has 3 rings (SSSR count).